The van der Waals surface area contributed by atoms with Crippen LogP contribution in [-0.2, 0) is 0 Å². The number of carbonyl (C=O) groups excluding carboxylic acids is 1. The molecule has 0 aromatic carbocycles. The molecule has 1 N–H and O–H groups in total. The average Bonchev–Trinajstić information content (AvgIpc) is 2.40. The molecule has 0 spiro atoms. The second-order valence-electron chi connectivity index (χ2n) is 4.42. The molecular weight excluding hydrogens is 260 g/mol. The molecule has 0 bridgehead atoms. The minimum atomic E-state index is -0.389. The lowest BCUT2D eigenvalue weighted by molar-refractivity contribution is 0.0767. The third kappa shape index (κ3) is 4.51. The van der Waals surface area contributed by atoms with Gasteiger partial charge in [0.15, 0.2) is 0 Å². The summed E-state index contributed by atoms with van der Waals surface area (Å²) in [5.74, 6) is -0.0443. The fourth-order valence-corrected chi connectivity index (χ4v) is 2.53. The van der Waals surface area contributed by atoms with Crippen LogP contribution in [0.1, 0.15) is 38.2 Å². The molecule has 2 atom stereocenters. The molecule has 0 saturated heterocycles. The van der Waals surface area contributed by atoms with E-state index in [1.54, 1.807) is 35.8 Å². The molecule has 2 unspecified atom stereocenters. The first-order valence-corrected chi connectivity index (χ1v) is 7.47. The molecule has 0 aliphatic heterocycles. The molecule has 0 aliphatic carbocycles. The highest BCUT2D eigenvalue weighted by molar-refractivity contribution is 8.00. The van der Waals surface area contributed by atoms with Crippen LogP contribution in [0, 0.1) is 0 Å². The van der Waals surface area contributed by atoms with Gasteiger partial charge in [-0.2, -0.15) is 0 Å². The van der Waals surface area contributed by atoms with Crippen molar-refractivity contribution < 1.29 is 9.90 Å². The lowest BCUT2D eigenvalue weighted by atomic mass is 10.3. The van der Waals surface area contributed by atoms with E-state index in [0.29, 0.717) is 18.8 Å². The lowest BCUT2D eigenvalue weighted by Crippen LogP contribution is -2.31. The molecule has 1 aromatic heterocycles. The number of thioether (sulfide) groups is 1. The summed E-state index contributed by atoms with van der Waals surface area (Å²) in [7, 11) is 0. The number of amides is 1. The van der Waals surface area contributed by atoms with E-state index in [4.69, 9.17) is 0 Å². The topological polar surface area (TPSA) is 53.4 Å². The van der Waals surface area contributed by atoms with E-state index in [1.165, 1.54) is 0 Å². The third-order valence-corrected chi connectivity index (χ3v) is 4.29. The largest absolute Gasteiger partial charge is 0.392 e. The summed E-state index contributed by atoms with van der Waals surface area (Å²) in [4.78, 5) is 19.0. The van der Waals surface area contributed by atoms with Gasteiger partial charge in [0.05, 0.1) is 6.10 Å². The summed E-state index contributed by atoms with van der Waals surface area (Å²) in [6, 6.07) is 3.66. The van der Waals surface area contributed by atoms with Crippen LogP contribution in [0.2, 0.25) is 0 Å². The van der Waals surface area contributed by atoms with Crippen molar-refractivity contribution >= 4 is 17.7 Å². The second kappa shape index (κ2) is 7.50. The standard InChI is InChI=1S/C14H22N2O2S/c1-5-16(6-2)14(18)13-9-12(7-8-15-13)19-11(4)10(3)17/h7-11,17H,5-6H2,1-4H3. The quantitative estimate of drug-likeness (QED) is 0.814. The SMILES string of the molecule is CCN(CC)C(=O)c1cc(SC(C)C(C)O)ccn1. The van der Waals surface area contributed by atoms with E-state index in [1.807, 2.05) is 26.8 Å². The molecule has 106 valence electrons. The molecule has 0 aliphatic rings. The molecule has 1 heterocycles. The molecule has 0 saturated carbocycles. The van der Waals surface area contributed by atoms with Crippen molar-refractivity contribution in [1.29, 1.82) is 0 Å². The molecule has 0 radical (unpaired) electrons. The van der Waals surface area contributed by atoms with Gasteiger partial charge >= 0.3 is 0 Å². The monoisotopic (exact) mass is 282 g/mol. The van der Waals surface area contributed by atoms with Crippen molar-refractivity contribution in [3.8, 4) is 0 Å². The molecule has 4 nitrogen and oxygen atoms in total. The number of rotatable bonds is 6. The van der Waals surface area contributed by atoms with Gasteiger partial charge in [-0.3, -0.25) is 9.78 Å². The fourth-order valence-electron chi connectivity index (χ4n) is 1.59. The first-order valence-electron chi connectivity index (χ1n) is 6.59. The Morgan fingerprint density at radius 3 is 2.58 bits per heavy atom. The maximum Gasteiger partial charge on any atom is 0.272 e. The number of carbonyl (C=O) groups is 1. The molecule has 1 amide bonds. The number of aliphatic hydroxyl groups excluding tert-OH is 1. The summed E-state index contributed by atoms with van der Waals surface area (Å²) >= 11 is 1.55. The maximum absolute atomic E-state index is 12.2. The zero-order valence-electron chi connectivity index (χ0n) is 12.0. The van der Waals surface area contributed by atoms with Crippen LogP contribution in [-0.4, -0.2) is 45.3 Å². The van der Waals surface area contributed by atoms with Crippen molar-refractivity contribution in [2.75, 3.05) is 13.1 Å². The Kier molecular flexibility index (Phi) is 6.31. The third-order valence-electron chi connectivity index (χ3n) is 3.00. The smallest absolute Gasteiger partial charge is 0.272 e. The Bertz CT molecular complexity index is 420. The van der Waals surface area contributed by atoms with Gasteiger partial charge < -0.3 is 10.0 Å². The van der Waals surface area contributed by atoms with Gasteiger partial charge in [0.25, 0.3) is 5.91 Å². The molecule has 5 heteroatoms. The molecular formula is C14H22N2O2S. The molecule has 19 heavy (non-hydrogen) atoms. The highest BCUT2D eigenvalue weighted by Gasteiger charge is 2.16. The van der Waals surface area contributed by atoms with Crippen LogP contribution in [0.3, 0.4) is 0 Å². The number of nitrogens with zero attached hydrogens (tertiary/aromatic N) is 2. The normalized spacial score (nSPS) is 13.9. The average molecular weight is 282 g/mol. The number of aliphatic hydroxyl groups is 1. The van der Waals surface area contributed by atoms with Crippen LogP contribution < -0.4 is 0 Å². The van der Waals surface area contributed by atoms with Crippen LogP contribution in [0.5, 0.6) is 0 Å². The van der Waals surface area contributed by atoms with E-state index in [-0.39, 0.29) is 17.3 Å². The van der Waals surface area contributed by atoms with Gasteiger partial charge in [-0.1, -0.05) is 6.92 Å². The number of hydrogen-bond acceptors (Lipinski definition) is 4. The lowest BCUT2D eigenvalue weighted by Gasteiger charge is -2.18. The van der Waals surface area contributed by atoms with Gasteiger partial charge in [-0.25, -0.2) is 0 Å². The van der Waals surface area contributed by atoms with Crippen LogP contribution in [0.15, 0.2) is 23.2 Å². The summed E-state index contributed by atoms with van der Waals surface area (Å²) in [5, 5.41) is 9.60. The van der Waals surface area contributed by atoms with E-state index in [2.05, 4.69) is 4.98 Å². The minimum absolute atomic E-state index is 0.0443. The second-order valence-corrected chi connectivity index (χ2v) is 5.87. The Hall–Kier alpha value is -1.07. The highest BCUT2D eigenvalue weighted by atomic mass is 32.2. The van der Waals surface area contributed by atoms with Crippen LogP contribution in [0.4, 0.5) is 0 Å². The summed E-state index contributed by atoms with van der Waals surface area (Å²) in [6.45, 7) is 8.99. The Balaban J connectivity index is 2.85. The van der Waals surface area contributed by atoms with Crippen molar-refractivity contribution in [1.82, 2.24) is 9.88 Å². The van der Waals surface area contributed by atoms with Gasteiger partial charge in [-0.05, 0) is 32.9 Å². The van der Waals surface area contributed by atoms with E-state index in [9.17, 15) is 9.90 Å². The maximum atomic E-state index is 12.2. The minimum Gasteiger partial charge on any atom is -0.392 e. The van der Waals surface area contributed by atoms with E-state index >= 15 is 0 Å². The molecule has 0 fully saturated rings. The zero-order chi connectivity index (χ0) is 14.4. The Morgan fingerprint density at radius 2 is 2.05 bits per heavy atom. The van der Waals surface area contributed by atoms with Gasteiger partial charge in [0.1, 0.15) is 5.69 Å². The van der Waals surface area contributed by atoms with E-state index in [0.717, 1.165) is 4.90 Å². The van der Waals surface area contributed by atoms with Crippen LogP contribution in [0.25, 0.3) is 0 Å². The van der Waals surface area contributed by atoms with Gasteiger partial charge in [0, 0.05) is 29.4 Å². The highest BCUT2D eigenvalue weighted by Crippen LogP contribution is 2.25. The van der Waals surface area contributed by atoms with Crippen molar-refractivity contribution in [2.24, 2.45) is 0 Å². The van der Waals surface area contributed by atoms with Crippen LogP contribution >= 0.6 is 11.8 Å². The summed E-state index contributed by atoms with van der Waals surface area (Å²) < 4.78 is 0. The zero-order valence-corrected chi connectivity index (χ0v) is 12.8. The Morgan fingerprint density at radius 1 is 1.42 bits per heavy atom. The van der Waals surface area contributed by atoms with Gasteiger partial charge in [0.2, 0.25) is 0 Å². The summed E-state index contributed by atoms with van der Waals surface area (Å²) in [6.07, 6.45) is 1.26. The fraction of sp³-hybridized carbons (Fsp3) is 0.571. The molecule has 1 rings (SSSR count). The molecule has 1 aromatic rings. The Labute approximate surface area is 119 Å². The van der Waals surface area contributed by atoms with Gasteiger partial charge in [-0.15, -0.1) is 11.8 Å². The van der Waals surface area contributed by atoms with E-state index < -0.39 is 0 Å². The number of hydrogen-bond donors (Lipinski definition) is 1. The predicted molar refractivity (Wildman–Crippen MR) is 78.5 cm³/mol. The van der Waals surface area contributed by atoms with Crippen molar-refractivity contribution in [3.63, 3.8) is 0 Å². The number of pyridine rings is 1. The summed E-state index contributed by atoms with van der Waals surface area (Å²) in [5.41, 5.74) is 0.464. The van der Waals surface area contributed by atoms with Crippen molar-refractivity contribution in [2.45, 2.75) is 43.9 Å². The first-order chi connectivity index (χ1) is 8.99. The number of aromatic nitrogens is 1. The predicted octanol–water partition coefficient (Wildman–Crippen LogP) is 2.43. The van der Waals surface area contributed by atoms with Crippen molar-refractivity contribution in [3.05, 3.63) is 24.0 Å². The first kappa shape index (κ1) is 16.0.